The van der Waals surface area contributed by atoms with Gasteiger partial charge in [-0.2, -0.15) is 5.26 Å². The summed E-state index contributed by atoms with van der Waals surface area (Å²) in [5, 5.41) is 9.00. The number of aromatic nitrogens is 1. The molecule has 2 rings (SSSR count). The van der Waals surface area contributed by atoms with Crippen molar-refractivity contribution in [1.29, 1.82) is 5.26 Å². The number of nitriles is 1. The molecule has 0 aliphatic heterocycles. The Morgan fingerprint density at radius 1 is 1.57 bits per heavy atom. The molecule has 1 aromatic heterocycles. The number of rotatable bonds is 3. The Kier molecular flexibility index (Phi) is 2.36. The van der Waals surface area contributed by atoms with E-state index in [0.29, 0.717) is 5.92 Å². The fourth-order valence-corrected chi connectivity index (χ4v) is 1.54. The van der Waals surface area contributed by atoms with E-state index >= 15 is 0 Å². The maximum absolute atomic E-state index is 9.00. The van der Waals surface area contributed by atoms with Gasteiger partial charge in [0, 0.05) is 0 Å². The Bertz CT molecular complexity index is 349. The maximum Gasteiger partial charge on any atom is 0.137 e. The van der Waals surface area contributed by atoms with Crippen molar-refractivity contribution in [3.05, 3.63) is 24.0 Å². The molecule has 1 atom stereocenters. The zero-order valence-electron chi connectivity index (χ0n) is 8.10. The van der Waals surface area contributed by atoms with Gasteiger partial charge in [0.15, 0.2) is 0 Å². The first-order valence-electron chi connectivity index (χ1n) is 4.74. The van der Waals surface area contributed by atoms with Gasteiger partial charge >= 0.3 is 0 Å². The third-order valence-corrected chi connectivity index (χ3v) is 2.55. The predicted octanol–water partition coefficient (Wildman–Crippen LogP) is 2.11. The second-order valence-corrected chi connectivity index (χ2v) is 3.57. The van der Waals surface area contributed by atoms with Crippen LogP contribution >= 0.6 is 0 Å². The lowest BCUT2D eigenvalue weighted by molar-refractivity contribution is 0.412. The van der Waals surface area contributed by atoms with Gasteiger partial charge in [0.05, 0.1) is 31.0 Å². The van der Waals surface area contributed by atoms with E-state index in [0.717, 1.165) is 24.3 Å². The molecule has 72 valence electrons. The Morgan fingerprint density at radius 2 is 2.36 bits per heavy atom. The van der Waals surface area contributed by atoms with Crippen LogP contribution in [-0.2, 0) is 0 Å². The van der Waals surface area contributed by atoms with Crippen molar-refractivity contribution < 1.29 is 4.74 Å². The molecule has 1 aromatic rings. The molecule has 0 aromatic carbocycles. The number of nitrogens with zero attached hydrogens (tertiary/aromatic N) is 2. The van der Waals surface area contributed by atoms with Crippen LogP contribution in [0, 0.1) is 17.2 Å². The molecule has 0 spiro atoms. The molecule has 1 heterocycles. The minimum Gasteiger partial charge on any atom is -0.495 e. The first-order chi connectivity index (χ1) is 6.85. The predicted molar refractivity (Wildman–Crippen MR) is 51.9 cm³/mol. The molecule has 14 heavy (non-hydrogen) atoms. The lowest BCUT2D eigenvalue weighted by atomic mass is 10.0. The van der Waals surface area contributed by atoms with E-state index in [-0.39, 0.29) is 5.92 Å². The van der Waals surface area contributed by atoms with Crippen LogP contribution in [0.25, 0.3) is 0 Å². The smallest absolute Gasteiger partial charge is 0.137 e. The Balaban J connectivity index is 2.18. The van der Waals surface area contributed by atoms with Gasteiger partial charge in [-0.1, -0.05) is 0 Å². The van der Waals surface area contributed by atoms with Crippen molar-refractivity contribution in [2.75, 3.05) is 7.11 Å². The summed E-state index contributed by atoms with van der Waals surface area (Å²) >= 11 is 0. The zero-order chi connectivity index (χ0) is 9.97. The van der Waals surface area contributed by atoms with E-state index in [9.17, 15) is 0 Å². The van der Waals surface area contributed by atoms with E-state index in [2.05, 4.69) is 11.1 Å². The van der Waals surface area contributed by atoms with Crippen LogP contribution in [0.4, 0.5) is 0 Å². The zero-order valence-corrected chi connectivity index (χ0v) is 8.10. The first kappa shape index (κ1) is 9.01. The van der Waals surface area contributed by atoms with Gasteiger partial charge in [0.25, 0.3) is 0 Å². The van der Waals surface area contributed by atoms with Crippen molar-refractivity contribution in [1.82, 2.24) is 4.98 Å². The third-order valence-electron chi connectivity index (χ3n) is 2.55. The van der Waals surface area contributed by atoms with Crippen molar-refractivity contribution in [3.63, 3.8) is 0 Å². The van der Waals surface area contributed by atoms with Crippen LogP contribution in [0.3, 0.4) is 0 Å². The highest BCUT2D eigenvalue weighted by atomic mass is 16.5. The fourth-order valence-electron chi connectivity index (χ4n) is 1.54. The van der Waals surface area contributed by atoms with Crippen LogP contribution < -0.4 is 4.74 Å². The number of hydrogen-bond donors (Lipinski definition) is 0. The number of ether oxygens (including phenoxy) is 1. The number of methoxy groups -OCH3 is 1. The van der Waals surface area contributed by atoms with Gasteiger partial charge in [-0.25, -0.2) is 0 Å². The molecule has 1 saturated carbocycles. The topological polar surface area (TPSA) is 45.9 Å². The quantitative estimate of drug-likeness (QED) is 0.729. The summed E-state index contributed by atoms with van der Waals surface area (Å²) in [4.78, 5) is 4.23. The Hall–Kier alpha value is -1.56. The largest absolute Gasteiger partial charge is 0.495 e. The average Bonchev–Trinajstić information content (AvgIpc) is 3.04. The number of pyridine rings is 1. The minimum atomic E-state index is -0.0269. The van der Waals surface area contributed by atoms with Gasteiger partial charge < -0.3 is 4.74 Å². The molecular weight excluding hydrogens is 176 g/mol. The van der Waals surface area contributed by atoms with Crippen molar-refractivity contribution in [2.24, 2.45) is 5.92 Å². The van der Waals surface area contributed by atoms with E-state index < -0.39 is 0 Å². The number of hydrogen-bond acceptors (Lipinski definition) is 3. The van der Waals surface area contributed by atoms with Gasteiger partial charge in [-0.3, -0.25) is 4.98 Å². The van der Waals surface area contributed by atoms with Gasteiger partial charge in [0.1, 0.15) is 5.75 Å². The summed E-state index contributed by atoms with van der Waals surface area (Å²) in [5.74, 6) is 1.24. The molecule has 1 aliphatic carbocycles. The molecule has 0 bridgehead atoms. The molecule has 1 unspecified atom stereocenters. The summed E-state index contributed by atoms with van der Waals surface area (Å²) in [5.41, 5.74) is 0.871. The lowest BCUT2D eigenvalue weighted by Gasteiger charge is -2.06. The molecule has 0 saturated heterocycles. The highest BCUT2D eigenvalue weighted by Gasteiger charge is 2.33. The summed E-state index contributed by atoms with van der Waals surface area (Å²) < 4.78 is 5.01. The van der Waals surface area contributed by atoms with E-state index in [1.807, 2.05) is 12.1 Å². The molecule has 3 nitrogen and oxygen atoms in total. The molecule has 3 heteroatoms. The summed E-state index contributed by atoms with van der Waals surface area (Å²) in [6.07, 6.45) is 3.99. The van der Waals surface area contributed by atoms with Gasteiger partial charge in [-0.05, 0) is 30.9 Å². The molecular formula is C11H12N2O. The van der Waals surface area contributed by atoms with Crippen LogP contribution in [0.15, 0.2) is 18.3 Å². The molecule has 0 N–H and O–H groups in total. The monoisotopic (exact) mass is 188 g/mol. The van der Waals surface area contributed by atoms with Crippen LogP contribution in [0.5, 0.6) is 5.75 Å². The van der Waals surface area contributed by atoms with Crippen molar-refractivity contribution >= 4 is 0 Å². The lowest BCUT2D eigenvalue weighted by Crippen LogP contribution is -2.00. The molecule has 0 amide bonds. The summed E-state index contributed by atoms with van der Waals surface area (Å²) in [6.45, 7) is 0. The van der Waals surface area contributed by atoms with E-state index in [1.165, 1.54) is 0 Å². The Labute approximate surface area is 83.3 Å². The maximum atomic E-state index is 9.00. The van der Waals surface area contributed by atoms with Crippen molar-refractivity contribution in [3.8, 4) is 11.8 Å². The van der Waals surface area contributed by atoms with Gasteiger partial charge in [0.2, 0.25) is 0 Å². The Morgan fingerprint density at radius 3 is 2.79 bits per heavy atom. The van der Waals surface area contributed by atoms with E-state index in [4.69, 9.17) is 10.00 Å². The van der Waals surface area contributed by atoms with Gasteiger partial charge in [-0.15, -0.1) is 0 Å². The standard InChI is InChI=1S/C11H12N2O/c1-14-9-4-5-11(13-7-9)10(6-12)8-2-3-8/h4-5,7-8,10H,2-3H2,1H3. The van der Waals surface area contributed by atoms with Crippen molar-refractivity contribution in [2.45, 2.75) is 18.8 Å². The van der Waals surface area contributed by atoms with Crippen LogP contribution in [0.1, 0.15) is 24.5 Å². The summed E-state index contributed by atoms with van der Waals surface area (Å²) in [6, 6.07) is 6.05. The third kappa shape index (κ3) is 1.69. The second kappa shape index (κ2) is 3.67. The molecule has 1 fully saturated rings. The van der Waals surface area contributed by atoms with E-state index in [1.54, 1.807) is 13.3 Å². The minimum absolute atomic E-state index is 0.0269. The highest BCUT2D eigenvalue weighted by molar-refractivity contribution is 5.26. The van der Waals surface area contributed by atoms with Crippen LogP contribution in [-0.4, -0.2) is 12.1 Å². The summed E-state index contributed by atoms with van der Waals surface area (Å²) in [7, 11) is 1.61. The SMILES string of the molecule is COc1ccc(C(C#N)C2CC2)nc1. The molecule has 0 radical (unpaired) electrons. The normalized spacial score (nSPS) is 17.1. The average molecular weight is 188 g/mol. The molecule has 1 aliphatic rings. The fraction of sp³-hybridized carbons (Fsp3) is 0.455. The van der Waals surface area contributed by atoms with Crippen LogP contribution in [0.2, 0.25) is 0 Å². The second-order valence-electron chi connectivity index (χ2n) is 3.57. The first-order valence-corrected chi connectivity index (χ1v) is 4.74. The highest BCUT2D eigenvalue weighted by Crippen LogP contribution is 2.41.